The summed E-state index contributed by atoms with van der Waals surface area (Å²) in [5.41, 5.74) is 2.51. The second kappa shape index (κ2) is 9.00. The number of rotatable bonds is 4. The molecule has 0 bridgehead atoms. The maximum Gasteiger partial charge on any atom is 0.273 e. The number of carbonyl (C=O) groups is 1. The number of benzene rings is 2. The first kappa shape index (κ1) is 20.7. The monoisotopic (exact) mass is 412 g/mol. The van der Waals surface area contributed by atoms with Crippen molar-refractivity contribution in [2.75, 3.05) is 16.8 Å². The number of thiocarbonyl (C=S) groups is 1. The molecule has 7 nitrogen and oxygen atoms in total. The predicted octanol–water partition coefficient (Wildman–Crippen LogP) is 4.41. The number of aryl methyl sites for hydroxylation is 1. The van der Waals surface area contributed by atoms with Gasteiger partial charge in [0.1, 0.15) is 0 Å². The average molecular weight is 413 g/mol. The van der Waals surface area contributed by atoms with E-state index in [0.29, 0.717) is 11.6 Å². The highest BCUT2D eigenvalue weighted by molar-refractivity contribution is 7.80. The summed E-state index contributed by atoms with van der Waals surface area (Å²) in [7, 11) is 0. The second-order valence-electron chi connectivity index (χ2n) is 7.25. The molecule has 0 spiro atoms. The van der Waals surface area contributed by atoms with Crippen molar-refractivity contribution in [1.82, 2.24) is 5.32 Å². The van der Waals surface area contributed by atoms with Crippen LogP contribution in [0, 0.1) is 17.0 Å². The van der Waals surface area contributed by atoms with Gasteiger partial charge in [-0.3, -0.25) is 20.2 Å². The van der Waals surface area contributed by atoms with E-state index in [1.54, 1.807) is 13.0 Å². The van der Waals surface area contributed by atoms with Gasteiger partial charge in [0.2, 0.25) is 0 Å². The molecule has 29 heavy (non-hydrogen) atoms. The van der Waals surface area contributed by atoms with Gasteiger partial charge in [-0.15, -0.1) is 0 Å². The Morgan fingerprint density at radius 3 is 2.59 bits per heavy atom. The fraction of sp³-hybridized carbons (Fsp3) is 0.333. The summed E-state index contributed by atoms with van der Waals surface area (Å²) in [6, 6.07) is 12.8. The first-order chi connectivity index (χ1) is 13.8. The summed E-state index contributed by atoms with van der Waals surface area (Å²) in [6.07, 6.45) is 3.68. The molecule has 8 heteroatoms. The van der Waals surface area contributed by atoms with Crippen molar-refractivity contribution >= 4 is 40.3 Å². The van der Waals surface area contributed by atoms with Crippen molar-refractivity contribution in [1.29, 1.82) is 0 Å². The minimum absolute atomic E-state index is 0.0981. The zero-order chi connectivity index (χ0) is 21.0. The van der Waals surface area contributed by atoms with E-state index in [9.17, 15) is 14.9 Å². The molecule has 0 radical (unpaired) electrons. The van der Waals surface area contributed by atoms with Crippen LogP contribution in [-0.2, 0) is 0 Å². The topological polar surface area (TPSA) is 87.5 Å². The maximum absolute atomic E-state index is 12.4. The fourth-order valence-electron chi connectivity index (χ4n) is 3.50. The Kier molecular flexibility index (Phi) is 6.43. The van der Waals surface area contributed by atoms with E-state index >= 15 is 0 Å². The van der Waals surface area contributed by atoms with Crippen LogP contribution in [0.4, 0.5) is 17.1 Å². The lowest BCUT2D eigenvalue weighted by molar-refractivity contribution is -0.385. The highest BCUT2D eigenvalue weighted by Crippen LogP contribution is 2.26. The number of amides is 1. The molecule has 2 aromatic rings. The minimum Gasteiger partial charge on any atom is -0.369 e. The summed E-state index contributed by atoms with van der Waals surface area (Å²) in [6.45, 7) is 4.93. The lowest BCUT2D eigenvalue weighted by Crippen LogP contribution is -2.37. The lowest BCUT2D eigenvalue weighted by Gasteiger charge is -2.35. The summed E-state index contributed by atoms with van der Waals surface area (Å²) in [5.74, 6) is -0.496. The molecule has 1 saturated heterocycles. The molecule has 1 fully saturated rings. The second-order valence-corrected chi connectivity index (χ2v) is 7.66. The smallest absolute Gasteiger partial charge is 0.273 e. The van der Waals surface area contributed by atoms with Crippen LogP contribution in [0.2, 0.25) is 0 Å². The summed E-state index contributed by atoms with van der Waals surface area (Å²) in [5, 5.41) is 16.7. The van der Waals surface area contributed by atoms with Gasteiger partial charge in [0, 0.05) is 41.2 Å². The van der Waals surface area contributed by atoms with Crippen LogP contribution in [-0.4, -0.2) is 28.5 Å². The van der Waals surface area contributed by atoms with Gasteiger partial charge in [-0.25, -0.2) is 0 Å². The van der Waals surface area contributed by atoms with Crippen LogP contribution in [0.25, 0.3) is 0 Å². The Morgan fingerprint density at radius 1 is 1.21 bits per heavy atom. The first-order valence-electron chi connectivity index (χ1n) is 9.59. The molecule has 0 saturated carbocycles. The van der Waals surface area contributed by atoms with Crippen LogP contribution in [0.15, 0.2) is 42.5 Å². The van der Waals surface area contributed by atoms with E-state index < -0.39 is 10.8 Å². The van der Waals surface area contributed by atoms with Gasteiger partial charge in [0.05, 0.1) is 4.92 Å². The summed E-state index contributed by atoms with van der Waals surface area (Å²) >= 11 is 5.21. The fourth-order valence-corrected chi connectivity index (χ4v) is 3.71. The molecule has 0 unspecified atom stereocenters. The highest BCUT2D eigenvalue weighted by Gasteiger charge is 2.19. The Balaban J connectivity index is 1.61. The predicted molar refractivity (Wildman–Crippen MR) is 119 cm³/mol. The maximum atomic E-state index is 12.4. The molecule has 1 atom stereocenters. The minimum atomic E-state index is -0.507. The van der Waals surface area contributed by atoms with E-state index in [0.717, 1.165) is 12.2 Å². The number of hydrogen-bond donors (Lipinski definition) is 2. The molecule has 152 valence electrons. The molecule has 1 aliphatic rings. The van der Waals surface area contributed by atoms with Crippen LogP contribution in [0.1, 0.15) is 42.1 Å². The molecule has 0 aliphatic carbocycles. The van der Waals surface area contributed by atoms with E-state index in [4.69, 9.17) is 12.2 Å². The van der Waals surface area contributed by atoms with Gasteiger partial charge < -0.3 is 10.2 Å². The number of anilines is 2. The van der Waals surface area contributed by atoms with Crippen molar-refractivity contribution in [2.24, 2.45) is 0 Å². The first-order valence-corrected chi connectivity index (χ1v) is 10.00. The highest BCUT2D eigenvalue weighted by atomic mass is 32.1. The van der Waals surface area contributed by atoms with Gasteiger partial charge in [-0.1, -0.05) is 6.07 Å². The van der Waals surface area contributed by atoms with E-state index in [1.165, 1.54) is 37.1 Å². The van der Waals surface area contributed by atoms with Gasteiger partial charge in [-0.2, -0.15) is 0 Å². The van der Waals surface area contributed by atoms with Gasteiger partial charge >= 0.3 is 0 Å². The molecular formula is C21H24N4O3S. The number of nitro groups is 1. The number of piperidine rings is 1. The molecule has 3 rings (SSSR count). The Bertz CT molecular complexity index is 930. The molecule has 1 amide bonds. The number of nitrogens with zero attached hydrogens (tertiary/aromatic N) is 2. The number of nitro benzene ring substituents is 1. The third-order valence-electron chi connectivity index (χ3n) is 5.15. The van der Waals surface area contributed by atoms with E-state index in [2.05, 4.69) is 22.5 Å². The zero-order valence-corrected chi connectivity index (χ0v) is 17.3. The lowest BCUT2D eigenvalue weighted by atomic mass is 10.0. The normalized spacial score (nSPS) is 16.2. The van der Waals surface area contributed by atoms with Crippen molar-refractivity contribution in [3.63, 3.8) is 0 Å². The van der Waals surface area contributed by atoms with Crippen molar-refractivity contribution in [2.45, 2.75) is 39.2 Å². The van der Waals surface area contributed by atoms with E-state index in [1.807, 2.05) is 24.3 Å². The molecule has 1 heterocycles. The zero-order valence-electron chi connectivity index (χ0n) is 16.5. The Morgan fingerprint density at radius 2 is 1.93 bits per heavy atom. The third-order valence-corrected chi connectivity index (χ3v) is 5.36. The summed E-state index contributed by atoms with van der Waals surface area (Å²) < 4.78 is 0. The van der Waals surface area contributed by atoms with Gasteiger partial charge in [0.15, 0.2) is 5.11 Å². The van der Waals surface area contributed by atoms with Crippen molar-refractivity contribution < 1.29 is 9.72 Å². The molecule has 2 aromatic carbocycles. The number of nitrogens with one attached hydrogen (secondary N) is 2. The van der Waals surface area contributed by atoms with Crippen LogP contribution in [0.5, 0.6) is 0 Å². The van der Waals surface area contributed by atoms with Crippen molar-refractivity contribution in [3.05, 3.63) is 63.7 Å². The number of hydrogen-bond acceptors (Lipinski definition) is 5. The molecule has 0 aromatic heterocycles. The quantitative estimate of drug-likeness (QED) is 0.439. The SMILES string of the molecule is Cc1ccc(C(=O)NC(=S)Nc2ccc(N3CCCC[C@@H]3C)cc2)cc1[N+](=O)[O-]. The Hall–Kier alpha value is -3.00. The van der Waals surface area contributed by atoms with Gasteiger partial charge in [-0.05, 0) is 75.7 Å². The molecular weight excluding hydrogens is 388 g/mol. The van der Waals surface area contributed by atoms with Gasteiger partial charge in [0.25, 0.3) is 11.6 Å². The van der Waals surface area contributed by atoms with Crippen molar-refractivity contribution in [3.8, 4) is 0 Å². The van der Waals surface area contributed by atoms with Crippen LogP contribution in [0.3, 0.4) is 0 Å². The molecule has 1 aliphatic heterocycles. The summed E-state index contributed by atoms with van der Waals surface area (Å²) in [4.78, 5) is 25.3. The standard InChI is InChI=1S/C21H24N4O3S/c1-14-6-7-16(13-19(14)25(27)28)20(26)23-21(29)22-17-8-10-18(11-9-17)24-12-4-3-5-15(24)2/h6-11,13,15H,3-5,12H2,1-2H3,(H2,22,23,26,29)/t15-/m0/s1. The van der Waals surface area contributed by atoms with Crippen LogP contribution < -0.4 is 15.5 Å². The Labute approximate surface area is 175 Å². The third kappa shape index (κ3) is 5.08. The van der Waals surface area contributed by atoms with E-state index in [-0.39, 0.29) is 16.4 Å². The average Bonchev–Trinajstić information content (AvgIpc) is 2.69. The molecule has 2 N–H and O–H groups in total. The number of carbonyl (C=O) groups excluding carboxylic acids is 1. The largest absolute Gasteiger partial charge is 0.369 e. The van der Waals surface area contributed by atoms with Crippen LogP contribution >= 0.6 is 12.2 Å².